The van der Waals surface area contributed by atoms with E-state index in [0.29, 0.717) is 25.2 Å². The first-order valence-corrected chi connectivity index (χ1v) is 17.6. The van der Waals surface area contributed by atoms with Crippen LogP contribution in [0.5, 0.6) is 0 Å². The van der Waals surface area contributed by atoms with Crippen LogP contribution in [0.3, 0.4) is 0 Å². The second-order valence-corrected chi connectivity index (χ2v) is 15.2. The second kappa shape index (κ2) is 22.5. The van der Waals surface area contributed by atoms with Crippen LogP contribution < -0.4 is 26.6 Å². The number of carbonyl (C=O) groups excluding carboxylic acids is 5. The molecule has 0 fully saturated rings. The van der Waals surface area contributed by atoms with Crippen LogP contribution >= 0.6 is 0 Å². The van der Waals surface area contributed by atoms with Crippen LogP contribution in [-0.4, -0.2) is 93.2 Å². The van der Waals surface area contributed by atoms with Crippen LogP contribution in [-0.2, 0) is 28.8 Å². The Labute approximate surface area is 292 Å². The minimum atomic E-state index is -1.33. The molecule has 0 saturated carbocycles. The molecule has 0 aliphatic heterocycles. The number of aliphatic carboxylic acids is 1. The molecule has 7 unspecified atom stereocenters. The lowest BCUT2D eigenvalue weighted by Crippen LogP contribution is -2.59. The molecule has 0 aliphatic rings. The van der Waals surface area contributed by atoms with Crippen LogP contribution in [0.1, 0.15) is 115 Å². The quantitative estimate of drug-likeness (QED) is 0.0778. The third kappa shape index (κ3) is 18.9. The highest BCUT2D eigenvalue weighted by atomic mass is 16.4. The third-order valence-electron chi connectivity index (χ3n) is 8.05. The smallest absolute Gasteiger partial charge is 0.306 e. The number of rotatable bonds is 23. The number of hydrogen-bond acceptors (Lipinski definition) is 8. The predicted molar refractivity (Wildman–Crippen MR) is 187 cm³/mol. The topological polar surface area (TPSA) is 223 Å². The van der Waals surface area contributed by atoms with Crippen molar-refractivity contribution >= 4 is 35.5 Å². The molecular weight excluding hydrogens is 634 g/mol. The number of carboxylic acid groups (broad SMARTS) is 1. The predicted octanol–water partition coefficient (Wildman–Crippen LogP) is 1.86. The fourth-order valence-electron chi connectivity index (χ4n) is 5.22. The van der Waals surface area contributed by atoms with Gasteiger partial charge < -0.3 is 41.9 Å². The number of carbonyl (C=O) groups is 6. The number of amides is 5. The minimum absolute atomic E-state index is 0.0151. The van der Waals surface area contributed by atoms with Gasteiger partial charge in [0, 0.05) is 6.42 Å². The number of hydrogen-bond donors (Lipinski definition) is 8. The van der Waals surface area contributed by atoms with Gasteiger partial charge in [0.05, 0.1) is 37.1 Å². The zero-order chi connectivity index (χ0) is 38.2. The highest BCUT2D eigenvalue weighted by molar-refractivity contribution is 5.92. The first-order chi connectivity index (χ1) is 22.5. The summed E-state index contributed by atoms with van der Waals surface area (Å²) in [4.78, 5) is 76.2. The third-order valence-corrected chi connectivity index (χ3v) is 8.05. The number of aliphatic hydroxyl groups excluding tert-OH is 2. The van der Waals surface area contributed by atoms with Crippen LogP contribution in [0.15, 0.2) is 0 Å². The van der Waals surface area contributed by atoms with Gasteiger partial charge in [0.25, 0.3) is 0 Å². The van der Waals surface area contributed by atoms with Crippen LogP contribution in [0.2, 0.25) is 0 Å². The molecule has 7 atom stereocenters. The average Bonchev–Trinajstić information content (AvgIpc) is 2.95. The molecule has 0 aliphatic carbocycles. The maximum atomic E-state index is 13.5. The Hall–Kier alpha value is -3.26. The summed E-state index contributed by atoms with van der Waals surface area (Å²) in [5.74, 6) is -4.00. The van der Waals surface area contributed by atoms with E-state index in [2.05, 4.69) is 26.6 Å². The van der Waals surface area contributed by atoms with E-state index in [1.54, 1.807) is 27.7 Å². The average molecular weight is 700 g/mol. The molecule has 0 saturated heterocycles. The number of carboxylic acids is 1. The van der Waals surface area contributed by atoms with Gasteiger partial charge in [0.2, 0.25) is 29.5 Å². The highest BCUT2D eigenvalue weighted by Crippen LogP contribution is 2.15. The molecule has 0 aromatic heterocycles. The van der Waals surface area contributed by atoms with Gasteiger partial charge in [-0.15, -0.1) is 0 Å². The van der Waals surface area contributed by atoms with E-state index < -0.39 is 84.9 Å². The van der Waals surface area contributed by atoms with Gasteiger partial charge >= 0.3 is 5.97 Å². The summed E-state index contributed by atoms with van der Waals surface area (Å²) in [7, 11) is 0. The standard InChI is InChI=1S/C35H65N5O9/c1-18(2)12-13-28(43)39-31(21(7)8)35(49)40-32(22(9)10)34(48)38-24(14-19(3)4)26(41)16-29(44)36-23(11)33(47)37-25(15-20(5)6)27(42)17-30(45)46/h18-27,31-32,41-42H,12-17H2,1-11H3,(H,36,44)(H,37,47)(H,38,48)(H,39,43)(H,40,49)(H,45,46). The first-order valence-electron chi connectivity index (χ1n) is 17.6. The lowest BCUT2D eigenvalue weighted by molar-refractivity contribution is -0.140. The summed E-state index contributed by atoms with van der Waals surface area (Å²) in [6, 6.07) is -4.61. The molecule has 0 radical (unpaired) electrons. The van der Waals surface area contributed by atoms with Gasteiger partial charge in [0.15, 0.2) is 0 Å². The number of aliphatic hydroxyl groups is 2. The monoisotopic (exact) mass is 699 g/mol. The van der Waals surface area contributed by atoms with Gasteiger partial charge in [-0.1, -0.05) is 69.2 Å². The zero-order valence-electron chi connectivity index (χ0n) is 31.5. The van der Waals surface area contributed by atoms with Crippen LogP contribution in [0, 0.1) is 29.6 Å². The van der Waals surface area contributed by atoms with Crippen LogP contribution in [0.4, 0.5) is 0 Å². The molecule has 0 heterocycles. The van der Waals surface area contributed by atoms with Crippen molar-refractivity contribution in [3.05, 3.63) is 0 Å². The summed E-state index contributed by atoms with van der Waals surface area (Å²) in [5.41, 5.74) is 0. The van der Waals surface area contributed by atoms with Gasteiger partial charge in [-0.05, 0) is 55.8 Å². The molecule has 0 rings (SSSR count). The molecule has 14 nitrogen and oxygen atoms in total. The Morgan fingerprint density at radius 2 is 0.939 bits per heavy atom. The SMILES string of the molecule is CC(C)CCC(=O)NC(C(=O)NC(C(=O)NC(CC(C)C)C(O)CC(=O)NC(C)C(=O)NC(CC(C)C)C(O)CC(=O)O)C(C)C)C(C)C. The summed E-state index contributed by atoms with van der Waals surface area (Å²) < 4.78 is 0. The Bertz CT molecular complexity index is 1080. The maximum absolute atomic E-state index is 13.5. The molecular formula is C35H65N5O9. The molecule has 0 spiro atoms. The van der Waals surface area contributed by atoms with Gasteiger partial charge in [-0.25, -0.2) is 0 Å². The fourth-order valence-corrected chi connectivity index (χ4v) is 5.22. The fraction of sp³-hybridized carbons (Fsp3) is 0.829. The molecule has 14 heteroatoms. The van der Waals surface area contributed by atoms with Crippen LogP contribution in [0.25, 0.3) is 0 Å². The van der Waals surface area contributed by atoms with Gasteiger partial charge in [-0.2, -0.15) is 0 Å². The number of nitrogens with one attached hydrogen (secondary N) is 5. The van der Waals surface area contributed by atoms with Crippen molar-refractivity contribution in [2.75, 3.05) is 0 Å². The van der Waals surface area contributed by atoms with Crippen molar-refractivity contribution in [3.8, 4) is 0 Å². The van der Waals surface area contributed by atoms with Crippen molar-refractivity contribution in [3.63, 3.8) is 0 Å². The van der Waals surface area contributed by atoms with Crippen molar-refractivity contribution in [1.82, 2.24) is 26.6 Å². The largest absolute Gasteiger partial charge is 0.481 e. The first kappa shape index (κ1) is 45.7. The Kier molecular flexibility index (Phi) is 21.0. The van der Waals surface area contributed by atoms with E-state index in [1.165, 1.54) is 6.92 Å². The Morgan fingerprint density at radius 1 is 0.510 bits per heavy atom. The normalized spacial score (nSPS) is 16.0. The molecule has 0 aromatic rings. The zero-order valence-corrected chi connectivity index (χ0v) is 31.5. The van der Waals surface area contributed by atoms with E-state index in [0.717, 1.165) is 0 Å². The van der Waals surface area contributed by atoms with Crippen molar-refractivity contribution in [2.24, 2.45) is 29.6 Å². The molecule has 0 bridgehead atoms. The summed E-state index contributed by atoms with van der Waals surface area (Å²) in [5, 5.41) is 43.9. The van der Waals surface area contributed by atoms with Crippen molar-refractivity contribution in [2.45, 2.75) is 157 Å². The molecule has 49 heavy (non-hydrogen) atoms. The van der Waals surface area contributed by atoms with Gasteiger partial charge in [-0.3, -0.25) is 28.8 Å². The molecule has 0 aromatic carbocycles. The van der Waals surface area contributed by atoms with Crippen molar-refractivity contribution < 1.29 is 44.1 Å². The van der Waals surface area contributed by atoms with E-state index in [9.17, 15) is 39.0 Å². The highest BCUT2D eigenvalue weighted by Gasteiger charge is 2.34. The Balaban J connectivity index is 5.60. The van der Waals surface area contributed by atoms with Crippen molar-refractivity contribution in [1.29, 1.82) is 0 Å². The molecule has 8 N–H and O–H groups in total. The molecule has 5 amide bonds. The second-order valence-electron chi connectivity index (χ2n) is 15.2. The van der Waals surface area contributed by atoms with E-state index in [-0.39, 0.29) is 36.0 Å². The van der Waals surface area contributed by atoms with Gasteiger partial charge in [0.1, 0.15) is 18.1 Å². The summed E-state index contributed by atoms with van der Waals surface area (Å²) in [6.45, 7) is 20.1. The molecule has 284 valence electrons. The maximum Gasteiger partial charge on any atom is 0.306 e. The Morgan fingerprint density at radius 3 is 1.37 bits per heavy atom. The summed E-state index contributed by atoms with van der Waals surface area (Å²) in [6.07, 6.45) is -2.06. The summed E-state index contributed by atoms with van der Waals surface area (Å²) >= 11 is 0. The van der Waals surface area contributed by atoms with E-state index >= 15 is 0 Å². The van der Waals surface area contributed by atoms with E-state index in [1.807, 2.05) is 41.5 Å². The lowest BCUT2D eigenvalue weighted by Gasteiger charge is -2.31. The lowest BCUT2D eigenvalue weighted by atomic mass is 9.95. The minimum Gasteiger partial charge on any atom is -0.481 e. The van der Waals surface area contributed by atoms with E-state index in [4.69, 9.17) is 5.11 Å².